The number of hydrogen-bond donors (Lipinski definition) is 2. The van der Waals surface area contributed by atoms with E-state index in [-0.39, 0.29) is 12.5 Å². The number of rotatable bonds is 2. The summed E-state index contributed by atoms with van der Waals surface area (Å²) in [6.07, 6.45) is 4.71. The molecule has 0 aliphatic carbocycles. The summed E-state index contributed by atoms with van der Waals surface area (Å²) in [5.74, 6) is 0.731. The van der Waals surface area contributed by atoms with Gasteiger partial charge < -0.3 is 15.4 Å². The lowest BCUT2D eigenvalue weighted by molar-refractivity contribution is -0.118. The van der Waals surface area contributed by atoms with Crippen LogP contribution in [0.4, 0.5) is 5.69 Å². The van der Waals surface area contributed by atoms with Crippen molar-refractivity contribution < 1.29 is 9.53 Å². The predicted molar refractivity (Wildman–Crippen MR) is 69.9 cm³/mol. The lowest BCUT2D eigenvalue weighted by Gasteiger charge is -2.26. The molecule has 2 N–H and O–H groups in total. The summed E-state index contributed by atoms with van der Waals surface area (Å²) in [6, 6.07) is 6.49. The molecule has 18 heavy (non-hydrogen) atoms. The van der Waals surface area contributed by atoms with E-state index >= 15 is 0 Å². The number of fused-ring (bicyclic) bond motifs is 1. The van der Waals surface area contributed by atoms with Crippen molar-refractivity contribution in [3.8, 4) is 5.75 Å². The van der Waals surface area contributed by atoms with Crippen LogP contribution < -0.4 is 15.4 Å². The normalized spacial score (nSPS) is 22.9. The largest absolute Gasteiger partial charge is 0.482 e. The van der Waals surface area contributed by atoms with Crippen molar-refractivity contribution in [1.29, 1.82) is 0 Å². The van der Waals surface area contributed by atoms with Crippen LogP contribution in [0.5, 0.6) is 5.75 Å². The van der Waals surface area contributed by atoms with Gasteiger partial charge in [0, 0.05) is 6.04 Å². The van der Waals surface area contributed by atoms with Crippen molar-refractivity contribution in [3.63, 3.8) is 0 Å². The molecule has 0 spiro atoms. The Balaban J connectivity index is 1.81. The predicted octanol–water partition coefficient (Wildman–Crippen LogP) is 1.70. The Bertz CT molecular complexity index is 453. The first-order chi connectivity index (χ1) is 8.83. The quantitative estimate of drug-likeness (QED) is 0.835. The van der Waals surface area contributed by atoms with E-state index in [0.717, 1.165) is 24.4 Å². The number of anilines is 1. The zero-order valence-electron chi connectivity index (χ0n) is 10.4. The lowest BCUT2D eigenvalue weighted by Crippen LogP contribution is -2.36. The van der Waals surface area contributed by atoms with Crippen LogP contribution in [0.3, 0.4) is 0 Å². The Hall–Kier alpha value is -1.55. The minimum absolute atomic E-state index is 0.0634. The van der Waals surface area contributed by atoms with Gasteiger partial charge in [-0.3, -0.25) is 4.79 Å². The minimum Gasteiger partial charge on any atom is -0.482 e. The van der Waals surface area contributed by atoms with Crippen molar-refractivity contribution in [3.05, 3.63) is 23.8 Å². The van der Waals surface area contributed by atoms with Crippen LogP contribution in [-0.4, -0.2) is 25.1 Å². The average Bonchev–Trinajstić information content (AvgIpc) is 2.41. The molecular formula is C14H18N2O2. The van der Waals surface area contributed by atoms with Gasteiger partial charge in [0.25, 0.3) is 5.91 Å². The topological polar surface area (TPSA) is 50.4 Å². The van der Waals surface area contributed by atoms with Gasteiger partial charge in [-0.15, -0.1) is 0 Å². The van der Waals surface area contributed by atoms with Crippen molar-refractivity contribution >= 4 is 11.6 Å². The van der Waals surface area contributed by atoms with Gasteiger partial charge in [0.15, 0.2) is 6.61 Å². The summed E-state index contributed by atoms with van der Waals surface area (Å²) >= 11 is 0. The number of benzene rings is 1. The number of carbonyl (C=O) groups excluding carboxylic acids is 1. The second-order valence-corrected chi connectivity index (χ2v) is 4.98. The third-order valence-electron chi connectivity index (χ3n) is 3.61. The molecule has 4 nitrogen and oxygen atoms in total. The lowest BCUT2D eigenvalue weighted by atomic mass is 9.96. The molecule has 2 aliphatic rings. The highest BCUT2D eigenvalue weighted by Crippen LogP contribution is 2.32. The number of ether oxygens (including phenoxy) is 1. The number of para-hydroxylation sites is 1. The van der Waals surface area contributed by atoms with Crippen molar-refractivity contribution in [2.75, 3.05) is 18.5 Å². The van der Waals surface area contributed by atoms with Gasteiger partial charge in [0.1, 0.15) is 5.75 Å². The van der Waals surface area contributed by atoms with E-state index < -0.39 is 0 Å². The van der Waals surface area contributed by atoms with E-state index in [1.165, 1.54) is 24.8 Å². The SMILES string of the molecule is O=C1COc2cccc(CC3CCCCN3)c2N1. The van der Waals surface area contributed by atoms with E-state index in [1.54, 1.807) is 0 Å². The molecule has 1 aromatic carbocycles. The van der Waals surface area contributed by atoms with Gasteiger partial charge in [-0.25, -0.2) is 0 Å². The fourth-order valence-corrected chi connectivity index (χ4v) is 2.69. The molecule has 1 fully saturated rings. The number of amides is 1. The standard InChI is InChI=1S/C14H18N2O2/c17-13-9-18-12-6-3-4-10(14(12)16-13)8-11-5-1-2-7-15-11/h3-4,6,11,15H,1-2,5,7-9H2,(H,16,17). The van der Waals surface area contributed by atoms with Crippen molar-refractivity contribution in [1.82, 2.24) is 5.32 Å². The Morgan fingerprint density at radius 2 is 2.28 bits per heavy atom. The van der Waals surface area contributed by atoms with Gasteiger partial charge >= 0.3 is 0 Å². The van der Waals surface area contributed by atoms with Gasteiger partial charge in [0.2, 0.25) is 0 Å². The molecule has 1 unspecified atom stereocenters. The van der Waals surface area contributed by atoms with Crippen LogP contribution in [0.15, 0.2) is 18.2 Å². The summed E-state index contributed by atoms with van der Waals surface area (Å²) in [7, 11) is 0. The van der Waals surface area contributed by atoms with Gasteiger partial charge in [-0.2, -0.15) is 0 Å². The summed E-state index contributed by atoms with van der Waals surface area (Å²) in [4.78, 5) is 11.4. The molecular weight excluding hydrogens is 228 g/mol. The third-order valence-corrected chi connectivity index (χ3v) is 3.61. The van der Waals surface area contributed by atoms with Crippen LogP contribution in [-0.2, 0) is 11.2 Å². The average molecular weight is 246 g/mol. The molecule has 4 heteroatoms. The molecule has 1 atom stereocenters. The number of carbonyl (C=O) groups is 1. The highest BCUT2D eigenvalue weighted by Gasteiger charge is 2.21. The van der Waals surface area contributed by atoms with E-state index in [4.69, 9.17) is 4.74 Å². The molecule has 2 heterocycles. The zero-order chi connectivity index (χ0) is 12.4. The molecule has 96 valence electrons. The highest BCUT2D eigenvalue weighted by atomic mass is 16.5. The molecule has 1 amide bonds. The fourth-order valence-electron chi connectivity index (χ4n) is 2.69. The fraction of sp³-hybridized carbons (Fsp3) is 0.500. The monoisotopic (exact) mass is 246 g/mol. The Kier molecular flexibility index (Phi) is 3.19. The van der Waals surface area contributed by atoms with Gasteiger partial charge in [0.05, 0.1) is 5.69 Å². The smallest absolute Gasteiger partial charge is 0.262 e. The summed E-state index contributed by atoms with van der Waals surface area (Å²) < 4.78 is 5.43. The number of hydrogen-bond acceptors (Lipinski definition) is 3. The molecule has 3 rings (SSSR count). The maximum atomic E-state index is 11.4. The molecule has 0 saturated carbocycles. The molecule has 0 aromatic heterocycles. The van der Waals surface area contributed by atoms with Crippen LogP contribution in [0.2, 0.25) is 0 Å². The van der Waals surface area contributed by atoms with Crippen molar-refractivity contribution in [2.45, 2.75) is 31.7 Å². The van der Waals surface area contributed by atoms with Crippen LogP contribution in [0, 0.1) is 0 Å². The molecule has 2 aliphatic heterocycles. The summed E-state index contributed by atoms with van der Waals surface area (Å²) in [6.45, 7) is 1.22. The van der Waals surface area contributed by atoms with E-state index in [0.29, 0.717) is 6.04 Å². The Morgan fingerprint density at radius 1 is 1.33 bits per heavy atom. The maximum Gasteiger partial charge on any atom is 0.262 e. The minimum atomic E-state index is -0.0634. The van der Waals surface area contributed by atoms with E-state index in [9.17, 15) is 4.79 Å². The molecule has 0 radical (unpaired) electrons. The Morgan fingerprint density at radius 3 is 3.11 bits per heavy atom. The first-order valence-electron chi connectivity index (χ1n) is 6.61. The van der Waals surface area contributed by atoms with Crippen LogP contribution in [0.25, 0.3) is 0 Å². The first kappa shape index (κ1) is 11.5. The molecule has 0 bridgehead atoms. The van der Waals surface area contributed by atoms with Crippen LogP contribution in [0.1, 0.15) is 24.8 Å². The zero-order valence-corrected chi connectivity index (χ0v) is 10.4. The second-order valence-electron chi connectivity index (χ2n) is 4.98. The summed E-state index contributed by atoms with van der Waals surface area (Å²) in [5, 5.41) is 6.46. The van der Waals surface area contributed by atoms with Gasteiger partial charge in [-0.05, 0) is 37.4 Å². The molecule has 1 saturated heterocycles. The first-order valence-corrected chi connectivity index (χ1v) is 6.61. The highest BCUT2D eigenvalue weighted by molar-refractivity contribution is 5.96. The van der Waals surface area contributed by atoms with E-state index in [1.807, 2.05) is 12.1 Å². The maximum absolute atomic E-state index is 11.4. The molecule has 1 aromatic rings. The van der Waals surface area contributed by atoms with Crippen LogP contribution >= 0.6 is 0 Å². The summed E-state index contributed by atoms with van der Waals surface area (Å²) in [5.41, 5.74) is 2.03. The second kappa shape index (κ2) is 4.98. The third kappa shape index (κ3) is 2.34. The van der Waals surface area contributed by atoms with Crippen molar-refractivity contribution in [2.24, 2.45) is 0 Å². The number of nitrogens with one attached hydrogen (secondary N) is 2. The Labute approximate surface area is 107 Å². The van der Waals surface area contributed by atoms with Gasteiger partial charge in [-0.1, -0.05) is 18.6 Å². The number of piperidine rings is 1. The van der Waals surface area contributed by atoms with E-state index in [2.05, 4.69) is 16.7 Å².